The summed E-state index contributed by atoms with van der Waals surface area (Å²) in [5.41, 5.74) is 1.05. The van der Waals surface area contributed by atoms with Crippen LogP contribution in [0.1, 0.15) is 37.2 Å². The fraction of sp³-hybridized carbons (Fsp3) is 0.500. The molecule has 2 aromatic heterocycles. The van der Waals surface area contributed by atoms with E-state index >= 15 is 0 Å². The maximum atomic E-state index is 12.6. The topological polar surface area (TPSA) is 76.8 Å². The van der Waals surface area contributed by atoms with Crippen molar-refractivity contribution in [1.29, 1.82) is 0 Å². The van der Waals surface area contributed by atoms with Crippen LogP contribution in [0, 0.1) is 5.92 Å². The molecular formula is C16H20N4O3. The molecule has 0 bridgehead atoms. The van der Waals surface area contributed by atoms with E-state index in [4.69, 9.17) is 4.74 Å². The highest BCUT2D eigenvalue weighted by molar-refractivity contribution is 5.98. The Morgan fingerprint density at radius 2 is 2.00 bits per heavy atom. The molecule has 3 rings (SSSR count). The van der Waals surface area contributed by atoms with Gasteiger partial charge in [0.1, 0.15) is 0 Å². The van der Waals surface area contributed by atoms with Crippen molar-refractivity contribution in [3.8, 4) is 0 Å². The Balaban J connectivity index is 1.66. The maximum absolute atomic E-state index is 12.6. The highest BCUT2D eigenvalue weighted by Crippen LogP contribution is 2.21. The van der Waals surface area contributed by atoms with Gasteiger partial charge >= 0.3 is 5.97 Å². The van der Waals surface area contributed by atoms with E-state index in [9.17, 15) is 9.59 Å². The SMILES string of the molecule is CC(C)OC(=O)C1CCN(C(=O)c2nnn3ccccc23)CC1. The Hall–Kier alpha value is -2.44. The average molecular weight is 316 g/mol. The van der Waals surface area contributed by atoms with Gasteiger partial charge in [-0.2, -0.15) is 0 Å². The third kappa shape index (κ3) is 3.18. The number of esters is 1. The van der Waals surface area contributed by atoms with Crippen LogP contribution in [0.25, 0.3) is 5.52 Å². The Morgan fingerprint density at radius 3 is 2.70 bits per heavy atom. The van der Waals surface area contributed by atoms with Crippen LogP contribution in [0.2, 0.25) is 0 Å². The number of ether oxygens (including phenoxy) is 1. The molecule has 0 atom stereocenters. The Morgan fingerprint density at radius 1 is 1.26 bits per heavy atom. The number of carbonyl (C=O) groups is 2. The summed E-state index contributed by atoms with van der Waals surface area (Å²) in [4.78, 5) is 26.3. The van der Waals surface area contributed by atoms with Gasteiger partial charge in [-0.25, -0.2) is 4.52 Å². The van der Waals surface area contributed by atoms with E-state index < -0.39 is 0 Å². The third-order valence-corrected chi connectivity index (χ3v) is 3.99. The van der Waals surface area contributed by atoms with Gasteiger partial charge in [-0.3, -0.25) is 9.59 Å². The number of piperidine rings is 1. The molecule has 2 aromatic rings. The van der Waals surface area contributed by atoms with E-state index in [0.717, 1.165) is 0 Å². The van der Waals surface area contributed by atoms with E-state index in [1.807, 2.05) is 32.0 Å². The second kappa shape index (κ2) is 6.36. The van der Waals surface area contributed by atoms with E-state index in [0.29, 0.717) is 37.1 Å². The molecule has 7 heteroatoms. The van der Waals surface area contributed by atoms with Gasteiger partial charge in [0.2, 0.25) is 0 Å². The molecule has 1 amide bonds. The minimum absolute atomic E-state index is 0.106. The molecule has 3 heterocycles. The fourth-order valence-corrected chi connectivity index (χ4v) is 2.79. The highest BCUT2D eigenvalue weighted by atomic mass is 16.5. The van der Waals surface area contributed by atoms with Crippen LogP contribution < -0.4 is 0 Å². The van der Waals surface area contributed by atoms with Crippen LogP contribution >= 0.6 is 0 Å². The van der Waals surface area contributed by atoms with Crippen LogP contribution in [-0.2, 0) is 9.53 Å². The highest BCUT2D eigenvalue weighted by Gasteiger charge is 2.30. The largest absolute Gasteiger partial charge is 0.463 e. The van der Waals surface area contributed by atoms with Gasteiger partial charge < -0.3 is 9.64 Å². The molecule has 1 aliphatic heterocycles. The van der Waals surface area contributed by atoms with Gasteiger partial charge in [0.05, 0.1) is 17.5 Å². The molecule has 0 unspecified atom stereocenters. The zero-order valence-electron chi connectivity index (χ0n) is 13.3. The third-order valence-electron chi connectivity index (χ3n) is 3.99. The molecule has 0 radical (unpaired) electrons. The molecule has 122 valence electrons. The van der Waals surface area contributed by atoms with Gasteiger partial charge in [-0.15, -0.1) is 5.10 Å². The van der Waals surface area contributed by atoms with Crippen LogP contribution in [-0.4, -0.2) is 50.8 Å². The van der Waals surface area contributed by atoms with Crippen molar-refractivity contribution in [2.45, 2.75) is 32.8 Å². The van der Waals surface area contributed by atoms with Crippen molar-refractivity contribution in [2.24, 2.45) is 5.92 Å². The van der Waals surface area contributed by atoms with Crippen molar-refractivity contribution in [3.63, 3.8) is 0 Å². The number of pyridine rings is 1. The molecular weight excluding hydrogens is 296 g/mol. The van der Waals surface area contributed by atoms with Crippen molar-refractivity contribution in [3.05, 3.63) is 30.1 Å². The summed E-state index contributed by atoms with van der Waals surface area (Å²) in [6, 6.07) is 5.51. The standard InChI is InChI=1S/C16H20N4O3/c1-11(2)23-16(22)12-6-9-19(10-7-12)15(21)14-13-5-3-4-8-20(13)18-17-14/h3-5,8,11-12H,6-7,9-10H2,1-2H3. The number of carbonyl (C=O) groups excluding carboxylic acids is 2. The van der Waals surface area contributed by atoms with Gasteiger partial charge in [-0.05, 0) is 38.8 Å². The first-order valence-electron chi connectivity index (χ1n) is 7.86. The van der Waals surface area contributed by atoms with Crippen molar-refractivity contribution >= 4 is 17.4 Å². The predicted molar refractivity (Wildman–Crippen MR) is 82.8 cm³/mol. The van der Waals surface area contributed by atoms with E-state index in [1.165, 1.54) is 0 Å². The van der Waals surface area contributed by atoms with Gasteiger partial charge in [0.15, 0.2) is 5.69 Å². The zero-order chi connectivity index (χ0) is 16.4. The van der Waals surface area contributed by atoms with Gasteiger partial charge in [-0.1, -0.05) is 11.3 Å². The summed E-state index contributed by atoms with van der Waals surface area (Å²) < 4.78 is 6.83. The van der Waals surface area contributed by atoms with Crippen molar-refractivity contribution in [1.82, 2.24) is 19.7 Å². The first-order valence-corrected chi connectivity index (χ1v) is 7.86. The number of rotatable bonds is 3. The number of fused-ring (bicyclic) bond motifs is 1. The molecule has 0 saturated carbocycles. The van der Waals surface area contributed by atoms with E-state index in [-0.39, 0.29) is 23.9 Å². The first kappa shape index (κ1) is 15.5. The van der Waals surface area contributed by atoms with Crippen molar-refractivity contribution < 1.29 is 14.3 Å². The fourth-order valence-electron chi connectivity index (χ4n) is 2.79. The summed E-state index contributed by atoms with van der Waals surface area (Å²) in [7, 11) is 0. The molecule has 23 heavy (non-hydrogen) atoms. The van der Waals surface area contributed by atoms with E-state index in [2.05, 4.69) is 10.3 Å². The lowest BCUT2D eigenvalue weighted by Gasteiger charge is -2.30. The summed E-state index contributed by atoms with van der Waals surface area (Å²) >= 11 is 0. The Bertz CT molecular complexity index is 717. The molecule has 0 N–H and O–H groups in total. The Kier molecular flexibility index (Phi) is 4.27. The molecule has 0 spiro atoms. The average Bonchev–Trinajstić information content (AvgIpc) is 2.97. The second-order valence-corrected chi connectivity index (χ2v) is 6.02. The molecule has 7 nitrogen and oxygen atoms in total. The van der Waals surface area contributed by atoms with Crippen LogP contribution in [0.5, 0.6) is 0 Å². The molecule has 1 saturated heterocycles. The molecule has 0 aromatic carbocycles. The number of hydrogen-bond donors (Lipinski definition) is 0. The minimum Gasteiger partial charge on any atom is -0.463 e. The number of likely N-dealkylation sites (tertiary alicyclic amines) is 1. The maximum Gasteiger partial charge on any atom is 0.309 e. The minimum atomic E-state index is -0.166. The summed E-state index contributed by atoms with van der Waals surface area (Å²) in [6.45, 7) is 4.74. The first-order chi connectivity index (χ1) is 11.1. The number of nitrogens with zero attached hydrogens (tertiary/aromatic N) is 4. The van der Waals surface area contributed by atoms with Crippen molar-refractivity contribution in [2.75, 3.05) is 13.1 Å². The van der Waals surface area contributed by atoms with Crippen LogP contribution in [0.15, 0.2) is 24.4 Å². The summed E-state index contributed by atoms with van der Waals surface area (Å²) in [5.74, 6) is -0.429. The monoisotopic (exact) mass is 316 g/mol. The lowest BCUT2D eigenvalue weighted by Crippen LogP contribution is -2.41. The zero-order valence-corrected chi connectivity index (χ0v) is 13.3. The number of amides is 1. The molecule has 1 aliphatic rings. The quantitative estimate of drug-likeness (QED) is 0.803. The molecule has 0 aliphatic carbocycles. The lowest BCUT2D eigenvalue weighted by atomic mass is 9.96. The van der Waals surface area contributed by atoms with Crippen LogP contribution in [0.4, 0.5) is 0 Å². The normalized spacial score (nSPS) is 16.0. The predicted octanol–water partition coefficient (Wildman–Crippen LogP) is 1.53. The van der Waals surface area contributed by atoms with Gasteiger partial charge in [0.25, 0.3) is 5.91 Å². The lowest BCUT2D eigenvalue weighted by molar-refractivity contribution is -0.153. The number of hydrogen-bond acceptors (Lipinski definition) is 5. The number of aromatic nitrogens is 3. The van der Waals surface area contributed by atoms with Gasteiger partial charge in [0, 0.05) is 19.3 Å². The summed E-state index contributed by atoms with van der Waals surface area (Å²) in [5, 5.41) is 7.95. The Labute approximate surface area is 134 Å². The molecule has 1 fully saturated rings. The smallest absolute Gasteiger partial charge is 0.309 e. The van der Waals surface area contributed by atoms with E-state index in [1.54, 1.807) is 15.6 Å². The second-order valence-electron chi connectivity index (χ2n) is 6.02. The van der Waals surface area contributed by atoms with Crippen LogP contribution in [0.3, 0.4) is 0 Å². The summed E-state index contributed by atoms with van der Waals surface area (Å²) in [6.07, 6.45) is 2.89.